The Morgan fingerprint density at radius 2 is 1.82 bits per heavy atom. The second kappa shape index (κ2) is 6.49. The van der Waals surface area contributed by atoms with Crippen LogP contribution in [-0.4, -0.2) is 23.1 Å². The minimum absolute atomic E-state index is 0.581. The number of nitrogens with one attached hydrogen (secondary N) is 1. The van der Waals surface area contributed by atoms with Crippen molar-refractivity contribution in [3.63, 3.8) is 0 Å². The molecule has 3 rings (SSSR count). The van der Waals surface area contributed by atoms with E-state index < -0.39 is 0 Å². The second-order valence-corrected chi connectivity index (χ2v) is 6.47. The van der Waals surface area contributed by atoms with Crippen LogP contribution in [0, 0.1) is 13.8 Å². The van der Waals surface area contributed by atoms with E-state index in [9.17, 15) is 0 Å². The predicted molar refractivity (Wildman–Crippen MR) is 97.5 cm³/mol. The number of anilines is 1. The highest BCUT2D eigenvalue weighted by Gasteiger charge is 2.25. The van der Waals surface area contributed by atoms with E-state index in [1.807, 2.05) is 12.1 Å². The number of hydrogen-bond acceptors (Lipinski definition) is 1. The SMILES string of the molecule is Cc1ccc([C@@H]2CCN(C(=S)Nc3ccccc3C)C2)cc1. The summed E-state index contributed by atoms with van der Waals surface area (Å²) >= 11 is 5.59. The molecule has 1 N–H and O–H groups in total. The molecule has 1 heterocycles. The zero-order valence-corrected chi connectivity index (χ0v) is 14.0. The van der Waals surface area contributed by atoms with Crippen molar-refractivity contribution in [2.24, 2.45) is 0 Å². The van der Waals surface area contributed by atoms with Gasteiger partial charge in [-0.15, -0.1) is 0 Å². The summed E-state index contributed by atoms with van der Waals surface area (Å²) in [5.41, 5.74) is 5.06. The molecule has 1 fully saturated rings. The van der Waals surface area contributed by atoms with E-state index in [-0.39, 0.29) is 0 Å². The van der Waals surface area contributed by atoms with E-state index in [2.05, 4.69) is 60.5 Å². The lowest BCUT2D eigenvalue weighted by atomic mass is 9.98. The second-order valence-electron chi connectivity index (χ2n) is 6.09. The van der Waals surface area contributed by atoms with Gasteiger partial charge in [-0.25, -0.2) is 0 Å². The zero-order valence-electron chi connectivity index (χ0n) is 13.2. The van der Waals surface area contributed by atoms with Gasteiger partial charge in [-0.2, -0.15) is 0 Å². The number of hydrogen-bond donors (Lipinski definition) is 1. The van der Waals surface area contributed by atoms with Crippen molar-refractivity contribution in [3.8, 4) is 0 Å². The molecule has 0 amide bonds. The molecule has 0 bridgehead atoms. The number of para-hydroxylation sites is 1. The van der Waals surface area contributed by atoms with Crippen LogP contribution in [0.1, 0.15) is 29.0 Å². The van der Waals surface area contributed by atoms with Crippen molar-refractivity contribution in [2.75, 3.05) is 18.4 Å². The summed E-state index contributed by atoms with van der Waals surface area (Å²) in [6, 6.07) is 17.2. The van der Waals surface area contributed by atoms with Crippen molar-refractivity contribution in [1.82, 2.24) is 4.90 Å². The molecule has 1 saturated heterocycles. The molecule has 0 saturated carbocycles. The third-order valence-electron chi connectivity index (χ3n) is 4.41. The average Bonchev–Trinajstić information content (AvgIpc) is 3.00. The molecule has 0 radical (unpaired) electrons. The van der Waals surface area contributed by atoms with E-state index in [1.54, 1.807) is 0 Å². The lowest BCUT2D eigenvalue weighted by Gasteiger charge is -2.21. The Bertz CT molecular complexity index is 663. The van der Waals surface area contributed by atoms with Crippen molar-refractivity contribution in [1.29, 1.82) is 0 Å². The van der Waals surface area contributed by atoms with Gasteiger partial charge in [0, 0.05) is 24.7 Å². The Kier molecular flexibility index (Phi) is 4.44. The molecule has 1 aliphatic heterocycles. The van der Waals surface area contributed by atoms with Gasteiger partial charge >= 0.3 is 0 Å². The first-order valence-electron chi connectivity index (χ1n) is 7.81. The molecule has 114 valence electrons. The van der Waals surface area contributed by atoms with E-state index >= 15 is 0 Å². The minimum Gasteiger partial charge on any atom is -0.348 e. The largest absolute Gasteiger partial charge is 0.348 e. The number of likely N-dealkylation sites (tertiary alicyclic amines) is 1. The van der Waals surface area contributed by atoms with E-state index in [4.69, 9.17) is 12.2 Å². The number of nitrogens with zero attached hydrogens (tertiary/aromatic N) is 1. The van der Waals surface area contributed by atoms with Crippen LogP contribution in [-0.2, 0) is 0 Å². The Hall–Kier alpha value is -1.87. The Labute approximate surface area is 138 Å². The molecule has 3 heteroatoms. The normalized spacial score (nSPS) is 17.5. The van der Waals surface area contributed by atoms with Gasteiger partial charge in [-0.05, 0) is 49.7 Å². The van der Waals surface area contributed by atoms with Crippen LogP contribution in [0.5, 0.6) is 0 Å². The maximum atomic E-state index is 5.59. The van der Waals surface area contributed by atoms with Crippen LogP contribution in [0.15, 0.2) is 48.5 Å². The van der Waals surface area contributed by atoms with Crippen LogP contribution in [0.2, 0.25) is 0 Å². The van der Waals surface area contributed by atoms with E-state index in [1.165, 1.54) is 23.1 Å². The van der Waals surface area contributed by atoms with Crippen molar-refractivity contribution in [2.45, 2.75) is 26.2 Å². The molecule has 22 heavy (non-hydrogen) atoms. The third kappa shape index (κ3) is 3.30. The highest BCUT2D eigenvalue weighted by Crippen LogP contribution is 2.28. The highest BCUT2D eigenvalue weighted by molar-refractivity contribution is 7.80. The van der Waals surface area contributed by atoms with Gasteiger partial charge in [0.1, 0.15) is 0 Å². The molecular formula is C19H22N2S. The lowest BCUT2D eigenvalue weighted by Crippen LogP contribution is -2.32. The van der Waals surface area contributed by atoms with Crippen LogP contribution >= 0.6 is 12.2 Å². The summed E-state index contributed by atoms with van der Waals surface area (Å²) in [6.07, 6.45) is 1.17. The summed E-state index contributed by atoms with van der Waals surface area (Å²) in [6.45, 7) is 6.26. The van der Waals surface area contributed by atoms with Crippen LogP contribution in [0.25, 0.3) is 0 Å². The van der Waals surface area contributed by atoms with Gasteiger partial charge in [0.05, 0.1) is 0 Å². The Morgan fingerprint density at radius 1 is 1.09 bits per heavy atom. The maximum absolute atomic E-state index is 5.59. The van der Waals surface area contributed by atoms with E-state index in [0.717, 1.165) is 23.9 Å². The molecule has 1 aliphatic rings. The lowest BCUT2D eigenvalue weighted by molar-refractivity contribution is 0.518. The van der Waals surface area contributed by atoms with Gasteiger partial charge in [0.2, 0.25) is 0 Å². The maximum Gasteiger partial charge on any atom is 0.173 e. The summed E-state index contributed by atoms with van der Waals surface area (Å²) in [5, 5.41) is 4.23. The average molecular weight is 310 g/mol. The Balaban J connectivity index is 1.64. The quantitative estimate of drug-likeness (QED) is 0.823. The fourth-order valence-electron chi connectivity index (χ4n) is 2.96. The molecular weight excluding hydrogens is 288 g/mol. The smallest absolute Gasteiger partial charge is 0.173 e. The van der Waals surface area contributed by atoms with Crippen LogP contribution < -0.4 is 5.32 Å². The number of thiocarbonyl (C=S) groups is 1. The summed E-state index contributed by atoms with van der Waals surface area (Å²) in [5.74, 6) is 0.581. The molecule has 2 aromatic rings. The molecule has 0 aliphatic carbocycles. The third-order valence-corrected chi connectivity index (χ3v) is 4.77. The topological polar surface area (TPSA) is 15.3 Å². The van der Waals surface area contributed by atoms with Crippen molar-refractivity contribution in [3.05, 3.63) is 65.2 Å². The molecule has 0 spiro atoms. The van der Waals surface area contributed by atoms with Gasteiger partial charge in [0.25, 0.3) is 0 Å². The first-order chi connectivity index (χ1) is 10.6. The fourth-order valence-corrected chi connectivity index (χ4v) is 3.24. The van der Waals surface area contributed by atoms with Crippen molar-refractivity contribution >= 4 is 23.0 Å². The summed E-state index contributed by atoms with van der Waals surface area (Å²) in [7, 11) is 0. The predicted octanol–water partition coefficient (Wildman–Crippen LogP) is 4.49. The molecule has 2 nitrogen and oxygen atoms in total. The standard InChI is InChI=1S/C19H22N2S/c1-14-7-9-16(10-8-14)17-11-12-21(13-17)19(22)20-18-6-4-3-5-15(18)2/h3-10,17H,11-13H2,1-2H3,(H,20,22)/t17-/m1/s1. The molecule has 0 unspecified atom stereocenters. The monoisotopic (exact) mass is 310 g/mol. The number of benzene rings is 2. The van der Waals surface area contributed by atoms with Gasteiger partial charge in [-0.3, -0.25) is 0 Å². The van der Waals surface area contributed by atoms with Crippen LogP contribution in [0.3, 0.4) is 0 Å². The Morgan fingerprint density at radius 3 is 2.55 bits per heavy atom. The fraction of sp³-hybridized carbons (Fsp3) is 0.316. The first-order valence-corrected chi connectivity index (χ1v) is 8.22. The molecule has 2 aromatic carbocycles. The molecule has 0 aromatic heterocycles. The van der Waals surface area contributed by atoms with Gasteiger partial charge < -0.3 is 10.2 Å². The number of rotatable bonds is 2. The summed E-state index contributed by atoms with van der Waals surface area (Å²) < 4.78 is 0. The highest BCUT2D eigenvalue weighted by atomic mass is 32.1. The first kappa shape index (κ1) is 15.0. The summed E-state index contributed by atoms with van der Waals surface area (Å²) in [4.78, 5) is 2.28. The zero-order chi connectivity index (χ0) is 15.5. The van der Waals surface area contributed by atoms with Gasteiger partial charge in [-0.1, -0.05) is 48.0 Å². The van der Waals surface area contributed by atoms with E-state index in [0.29, 0.717) is 5.92 Å². The minimum atomic E-state index is 0.581. The molecule has 1 atom stereocenters. The van der Waals surface area contributed by atoms with Gasteiger partial charge in [0.15, 0.2) is 5.11 Å². The number of aryl methyl sites for hydroxylation is 2. The van der Waals surface area contributed by atoms with Crippen LogP contribution in [0.4, 0.5) is 5.69 Å². The van der Waals surface area contributed by atoms with Crippen molar-refractivity contribution < 1.29 is 0 Å².